The van der Waals surface area contributed by atoms with E-state index in [4.69, 9.17) is 4.74 Å². The first-order chi connectivity index (χ1) is 11.9. The summed E-state index contributed by atoms with van der Waals surface area (Å²) in [6.45, 7) is 16.2. The Hall–Kier alpha value is -2.29. The molecule has 0 saturated carbocycles. The standard InChI is InChI=1S/C23H31NO2/c1-15-13-16(2)20(17(3)14-15)24-21(25)23(7,8)26-19-11-9-18(10-12-19)22(4,5)6/h9-14H,1-8H3,(H,24,25). The summed E-state index contributed by atoms with van der Waals surface area (Å²) in [7, 11) is 0. The molecule has 1 amide bonds. The maximum Gasteiger partial charge on any atom is 0.267 e. The van der Waals surface area contributed by atoms with Gasteiger partial charge in [-0.15, -0.1) is 0 Å². The summed E-state index contributed by atoms with van der Waals surface area (Å²) in [4.78, 5) is 12.8. The Kier molecular flexibility index (Phi) is 5.50. The molecule has 3 nitrogen and oxygen atoms in total. The summed E-state index contributed by atoms with van der Waals surface area (Å²) in [5.74, 6) is 0.531. The number of anilines is 1. The third kappa shape index (κ3) is 4.66. The Morgan fingerprint density at radius 1 is 0.885 bits per heavy atom. The van der Waals surface area contributed by atoms with Crippen molar-refractivity contribution in [2.75, 3.05) is 5.32 Å². The van der Waals surface area contributed by atoms with Gasteiger partial charge in [-0.3, -0.25) is 4.79 Å². The molecule has 140 valence electrons. The van der Waals surface area contributed by atoms with Crippen LogP contribution in [0.4, 0.5) is 5.69 Å². The highest BCUT2D eigenvalue weighted by Crippen LogP contribution is 2.27. The Balaban J connectivity index is 2.16. The van der Waals surface area contributed by atoms with Crippen LogP contribution in [-0.2, 0) is 10.2 Å². The molecule has 0 aliphatic rings. The van der Waals surface area contributed by atoms with E-state index in [2.05, 4.69) is 57.3 Å². The zero-order valence-electron chi connectivity index (χ0n) is 17.3. The number of ether oxygens (including phenoxy) is 1. The molecule has 0 radical (unpaired) electrons. The molecule has 0 saturated heterocycles. The van der Waals surface area contributed by atoms with Gasteiger partial charge in [-0.05, 0) is 68.9 Å². The molecule has 0 aliphatic carbocycles. The van der Waals surface area contributed by atoms with Crippen LogP contribution >= 0.6 is 0 Å². The summed E-state index contributed by atoms with van der Waals surface area (Å²) >= 11 is 0. The molecular weight excluding hydrogens is 322 g/mol. The lowest BCUT2D eigenvalue weighted by Crippen LogP contribution is -2.42. The van der Waals surface area contributed by atoms with E-state index in [-0.39, 0.29) is 11.3 Å². The average molecular weight is 354 g/mol. The van der Waals surface area contributed by atoms with Crippen LogP contribution in [0.2, 0.25) is 0 Å². The van der Waals surface area contributed by atoms with Crippen molar-refractivity contribution in [1.29, 1.82) is 0 Å². The van der Waals surface area contributed by atoms with Crippen LogP contribution in [-0.4, -0.2) is 11.5 Å². The van der Waals surface area contributed by atoms with Crippen LogP contribution in [0.15, 0.2) is 36.4 Å². The number of benzene rings is 2. The molecular formula is C23H31NO2. The second-order valence-electron chi connectivity index (χ2n) is 8.61. The van der Waals surface area contributed by atoms with Crippen molar-refractivity contribution in [1.82, 2.24) is 0 Å². The summed E-state index contributed by atoms with van der Waals surface area (Å²) < 4.78 is 5.99. The van der Waals surface area contributed by atoms with Crippen molar-refractivity contribution in [3.05, 3.63) is 58.7 Å². The average Bonchev–Trinajstić information content (AvgIpc) is 2.49. The van der Waals surface area contributed by atoms with Gasteiger partial charge in [0, 0.05) is 5.69 Å². The van der Waals surface area contributed by atoms with Crippen LogP contribution in [0.25, 0.3) is 0 Å². The van der Waals surface area contributed by atoms with Gasteiger partial charge in [0.1, 0.15) is 5.75 Å². The van der Waals surface area contributed by atoms with Crippen LogP contribution in [0.3, 0.4) is 0 Å². The first-order valence-corrected chi connectivity index (χ1v) is 9.09. The number of hydrogen-bond acceptors (Lipinski definition) is 2. The topological polar surface area (TPSA) is 38.3 Å². The quantitative estimate of drug-likeness (QED) is 0.765. The molecule has 0 aliphatic heterocycles. The van der Waals surface area contributed by atoms with E-state index in [1.165, 1.54) is 11.1 Å². The van der Waals surface area contributed by atoms with Gasteiger partial charge >= 0.3 is 0 Å². The van der Waals surface area contributed by atoms with E-state index in [1.807, 2.05) is 26.0 Å². The normalized spacial score (nSPS) is 12.0. The number of carbonyl (C=O) groups excluding carboxylic acids is 1. The Labute approximate surface area is 157 Å². The number of amides is 1. The van der Waals surface area contributed by atoms with E-state index in [0.717, 1.165) is 16.8 Å². The van der Waals surface area contributed by atoms with Gasteiger partial charge in [0.05, 0.1) is 0 Å². The zero-order valence-corrected chi connectivity index (χ0v) is 17.3. The SMILES string of the molecule is Cc1cc(C)c(NC(=O)C(C)(C)Oc2ccc(C(C)(C)C)cc2)c(C)c1. The lowest BCUT2D eigenvalue weighted by Gasteiger charge is -2.27. The maximum atomic E-state index is 12.8. The molecule has 0 bridgehead atoms. The molecule has 1 N–H and O–H groups in total. The number of aryl methyl sites for hydroxylation is 3. The fraction of sp³-hybridized carbons (Fsp3) is 0.435. The summed E-state index contributed by atoms with van der Waals surface area (Å²) in [6, 6.07) is 12.1. The highest BCUT2D eigenvalue weighted by Gasteiger charge is 2.31. The zero-order chi connectivity index (χ0) is 19.7. The van der Waals surface area contributed by atoms with Gasteiger partial charge in [-0.2, -0.15) is 0 Å². The smallest absolute Gasteiger partial charge is 0.267 e. The fourth-order valence-electron chi connectivity index (χ4n) is 3.01. The van der Waals surface area contributed by atoms with Crippen molar-refractivity contribution in [3.8, 4) is 5.75 Å². The molecule has 2 aromatic carbocycles. The largest absolute Gasteiger partial charge is 0.478 e. The van der Waals surface area contributed by atoms with E-state index in [1.54, 1.807) is 13.8 Å². The predicted molar refractivity (Wildman–Crippen MR) is 109 cm³/mol. The predicted octanol–water partition coefficient (Wildman–Crippen LogP) is 5.71. The number of carbonyl (C=O) groups is 1. The number of hydrogen-bond donors (Lipinski definition) is 1. The van der Waals surface area contributed by atoms with Crippen LogP contribution in [0.1, 0.15) is 56.9 Å². The van der Waals surface area contributed by atoms with Gasteiger partial charge in [0.2, 0.25) is 0 Å². The lowest BCUT2D eigenvalue weighted by atomic mass is 9.87. The minimum Gasteiger partial charge on any atom is -0.478 e. The van der Waals surface area contributed by atoms with E-state index in [9.17, 15) is 4.79 Å². The van der Waals surface area contributed by atoms with Gasteiger partial charge in [-0.1, -0.05) is 50.6 Å². The van der Waals surface area contributed by atoms with E-state index in [0.29, 0.717) is 5.75 Å². The van der Waals surface area contributed by atoms with Gasteiger partial charge < -0.3 is 10.1 Å². The van der Waals surface area contributed by atoms with Crippen LogP contribution in [0, 0.1) is 20.8 Å². The third-order valence-corrected chi connectivity index (χ3v) is 4.56. The lowest BCUT2D eigenvalue weighted by molar-refractivity contribution is -0.128. The first-order valence-electron chi connectivity index (χ1n) is 9.09. The van der Waals surface area contributed by atoms with Gasteiger partial charge in [-0.25, -0.2) is 0 Å². The Morgan fingerprint density at radius 2 is 1.38 bits per heavy atom. The molecule has 0 spiro atoms. The molecule has 0 unspecified atom stereocenters. The molecule has 26 heavy (non-hydrogen) atoms. The minimum atomic E-state index is -0.979. The van der Waals surface area contributed by atoms with Crippen molar-refractivity contribution in [3.63, 3.8) is 0 Å². The highest BCUT2D eigenvalue weighted by atomic mass is 16.5. The van der Waals surface area contributed by atoms with E-state index >= 15 is 0 Å². The van der Waals surface area contributed by atoms with Crippen LogP contribution < -0.4 is 10.1 Å². The van der Waals surface area contributed by atoms with Gasteiger partial charge in [0.15, 0.2) is 5.60 Å². The van der Waals surface area contributed by atoms with Gasteiger partial charge in [0.25, 0.3) is 5.91 Å². The summed E-state index contributed by atoms with van der Waals surface area (Å²) in [6.07, 6.45) is 0. The van der Waals surface area contributed by atoms with Crippen molar-refractivity contribution < 1.29 is 9.53 Å². The Bertz CT molecular complexity index is 773. The highest BCUT2D eigenvalue weighted by molar-refractivity contribution is 5.98. The van der Waals surface area contributed by atoms with Crippen molar-refractivity contribution in [2.24, 2.45) is 0 Å². The Morgan fingerprint density at radius 3 is 1.85 bits per heavy atom. The second kappa shape index (κ2) is 7.14. The molecule has 0 heterocycles. The molecule has 0 fully saturated rings. The monoisotopic (exact) mass is 353 g/mol. The summed E-state index contributed by atoms with van der Waals surface area (Å²) in [5, 5.41) is 3.04. The fourth-order valence-corrected chi connectivity index (χ4v) is 3.01. The first kappa shape index (κ1) is 20.0. The molecule has 2 rings (SSSR count). The minimum absolute atomic E-state index is 0.0892. The third-order valence-electron chi connectivity index (χ3n) is 4.56. The number of nitrogens with one attached hydrogen (secondary N) is 1. The molecule has 0 aromatic heterocycles. The van der Waals surface area contributed by atoms with Crippen molar-refractivity contribution >= 4 is 11.6 Å². The van der Waals surface area contributed by atoms with E-state index < -0.39 is 5.60 Å². The number of rotatable bonds is 4. The maximum absolute atomic E-state index is 12.8. The molecule has 0 atom stereocenters. The van der Waals surface area contributed by atoms with Crippen molar-refractivity contribution in [2.45, 2.75) is 66.4 Å². The molecule has 3 heteroatoms. The van der Waals surface area contributed by atoms with Crippen LogP contribution in [0.5, 0.6) is 5.75 Å². The second-order valence-corrected chi connectivity index (χ2v) is 8.61. The molecule has 2 aromatic rings. The summed E-state index contributed by atoms with van der Waals surface area (Å²) in [5.41, 5.74) is 4.51.